The molecular weight excluding hydrogens is 246 g/mol. The molecule has 4 heteroatoms. The Hall–Kier alpha value is -1.29. The zero-order valence-electron chi connectivity index (χ0n) is 11.9. The molecule has 0 aliphatic carbocycles. The highest BCUT2D eigenvalue weighted by atomic mass is 32.1. The molecule has 0 aliphatic heterocycles. The van der Waals surface area contributed by atoms with E-state index in [-0.39, 0.29) is 0 Å². The predicted octanol–water partition coefficient (Wildman–Crippen LogP) is 2.99. The third kappa shape index (κ3) is 2.75. The molecule has 0 atom stereocenters. The van der Waals surface area contributed by atoms with Gasteiger partial charge in [-0.15, -0.1) is 0 Å². The van der Waals surface area contributed by atoms with E-state index in [1.807, 2.05) is 41.8 Å². The van der Waals surface area contributed by atoms with Crippen LogP contribution in [0.4, 0.5) is 0 Å². The minimum absolute atomic E-state index is 0.379. The maximum Gasteiger partial charge on any atom is 0.259 e. The Bertz CT molecular complexity index is 452. The zero-order valence-corrected chi connectivity index (χ0v) is 12.7. The number of ether oxygens (including phenoxy) is 1. The van der Waals surface area contributed by atoms with Crippen LogP contribution in [0.2, 0.25) is 0 Å². The van der Waals surface area contributed by atoms with Gasteiger partial charge >= 0.3 is 0 Å². The lowest BCUT2D eigenvalue weighted by molar-refractivity contribution is 0.256. The molecular formula is C14H21NO2S. The van der Waals surface area contributed by atoms with E-state index in [9.17, 15) is 5.11 Å². The number of phenols is 1. The number of benzene rings is 1. The highest BCUT2D eigenvalue weighted by Gasteiger charge is 2.15. The monoisotopic (exact) mass is 267 g/mol. The van der Waals surface area contributed by atoms with E-state index in [2.05, 4.69) is 0 Å². The first-order valence-electron chi connectivity index (χ1n) is 5.89. The van der Waals surface area contributed by atoms with Gasteiger partial charge in [-0.2, -0.15) is 0 Å². The van der Waals surface area contributed by atoms with Gasteiger partial charge in [-0.1, -0.05) is 0 Å². The molecule has 0 unspecified atom stereocenters. The fraction of sp³-hybridized carbons (Fsp3) is 0.500. The van der Waals surface area contributed by atoms with Gasteiger partial charge in [0.2, 0.25) is 0 Å². The largest absolute Gasteiger partial charge is 0.507 e. The number of nitrogens with zero attached hydrogens (tertiary/aromatic N) is 1. The van der Waals surface area contributed by atoms with E-state index >= 15 is 0 Å². The molecule has 1 N–H and O–H groups in total. The Morgan fingerprint density at radius 3 is 1.89 bits per heavy atom. The number of thiocarbonyl (C=S) groups is 1. The van der Waals surface area contributed by atoms with Crippen molar-refractivity contribution in [3.05, 3.63) is 27.8 Å². The van der Waals surface area contributed by atoms with Crippen LogP contribution in [-0.4, -0.2) is 29.3 Å². The third-order valence-electron chi connectivity index (χ3n) is 3.45. The van der Waals surface area contributed by atoms with E-state index in [0.29, 0.717) is 17.5 Å². The second-order valence-corrected chi connectivity index (χ2v) is 5.13. The average Bonchev–Trinajstić information content (AvgIpc) is 2.33. The molecule has 18 heavy (non-hydrogen) atoms. The van der Waals surface area contributed by atoms with Crippen LogP contribution in [0.5, 0.6) is 5.75 Å². The summed E-state index contributed by atoms with van der Waals surface area (Å²) in [5.74, 6) is 0.379. The maximum atomic E-state index is 9.98. The minimum atomic E-state index is 0.379. The van der Waals surface area contributed by atoms with Crippen LogP contribution in [-0.2, 0) is 11.3 Å². The van der Waals surface area contributed by atoms with Crippen LogP contribution in [0, 0.1) is 27.7 Å². The van der Waals surface area contributed by atoms with Crippen LogP contribution < -0.4 is 0 Å². The molecule has 1 aromatic rings. The molecule has 1 rings (SSSR count). The molecule has 0 aromatic heterocycles. The molecule has 0 radical (unpaired) electrons. The first-order valence-corrected chi connectivity index (χ1v) is 6.30. The molecule has 0 amide bonds. The summed E-state index contributed by atoms with van der Waals surface area (Å²) in [6.45, 7) is 8.28. The fourth-order valence-corrected chi connectivity index (χ4v) is 1.91. The molecule has 0 spiro atoms. The third-order valence-corrected chi connectivity index (χ3v) is 3.93. The van der Waals surface area contributed by atoms with E-state index < -0.39 is 0 Å². The van der Waals surface area contributed by atoms with Gasteiger partial charge in [0, 0.05) is 14.1 Å². The molecule has 1 aromatic carbocycles. The quantitative estimate of drug-likeness (QED) is 0.835. The fourth-order valence-electron chi connectivity index (χ4n) is 1.85. The molecule has 3 nitrogen and oxygen atoms in total. The number of aromatic hydroxyl groups is 1. The normalized spacial score (nSPS) is 10.3. The van der Waals surface area contributed by atoms with Gasteiger partial charge in [-0.05, 0) is 67.7 Å². The Balaban J connectivity index is 3.07. The van der Waals surface area contributed by atoms with Gasteiger partial charge in [0.15, 0.2) is 0 Å². The van der Waals surface area contributed by atoms with Gasteiger partial charge in [-0.25, -0.2) is 0 Å². The van der Waals surface area contributed by atoms with Crippen molar-refractivity contribution in [1.82, 2.24) is 4.90 Å². The Morgan fingerprint density at radius 2 is 1.50 bits per heavy atom. The van der Waals surface area contributed by atoms with Gasteiger partial charge in [0.05, 0.1) is 0 Å². The highest BCUT2D eigenvalue weighted by Crippen LogP contribution is 2.31. The van der Waals surface area contributed by atoms with Gasteiger partial charge in [-0.3, -0.25) is 0 Å². The Labute approximate surface area is 114 Å². The van der Waals surface area contributed by atoms with Crippen molar-refractivity contribution in [1.29, 1.82) is 0 Å². The van der Waals surface area contributed by atoms with Crippen LogP contribution >= 0.6 is 12.2 Å². The van der Waals surface area contributed by atoms with Crippen molar-refractivity contribution >= 4 is 17.4 Å². The highest BCUT2D eigenvalue weighted by molar-refractivity contribution is 7.79. The predicted molar refractivity (Wildman–Crippen MR) is 78.1 cm³/mol. The summed E-state index contributed by atoms with van der Waals surface area (Å²) < 4.78 is 5.58. The lowest BCUT2D eigenvalue weighted by Crippen LogP contribution is -2.22. The summed E-state index contributed by atoms with van der Waals surface area (Å²) in [4.78, 5) is 1.76. The first kappa shape index (κ1) is 14.8. The van der Waals surface area contributed by atoms with E-state index in [0.717, 1.165) is 27.8 Å². The van der Waals surface area contributed by atoms with E-state index in [1.165, 1.54) is 0 Å². The van der Waals surface area contributed by atoms with Crippen LogP contribution in [0.1, 0.15) is 27.8 Å². The molecule has 0 aliphatic rings. The van der Waals surface area contributed by atoms with Gasteiger partial charge in [0.25, 0.3) is 5.17 Å². The summed E-state index contributed by atoms with van der Waals surface area (Å²) in [6.07, 6.45) is 0. The van der Waals surface area contributed by atoms with Crippen molar-refractivity contribution in [2.24, 2.45) is 0 Å². The molecule has 0 bridgehead atoms. The van der Waals surface area contributed by atoms with Gasteiger partial charge in [0.1, 0.15) is 12.4 Å². The standard InChI is InChI=1S/C14H21NO2S/c1-8-10(3)13(16)11(4)9(2)12(8)7-17-14(18)15(5)6/h16H,7H2,1-6H3. The average molecular weight is 267 g/mol. The number of hydrogen-bond donors (Lipinski definition) is 1. The van der Waals surface area contributed by atoms with Crippen molar-refractivity contribution in [3.8, 4) is 5.75 Å². The molecule has 0 fully saturated rings. The summed E-state index contributed by atoms with van der Waals surface area (Å²) in [5, 5.41) is 10.5. The summed E-state index contributed by atoms with van der Waals surface area (Å²) in [5.41, 5.74) is 5.06. The summed E-state index contributed by atoms with van der Waals surface area (Å²) >= 11 is 5.11. The van der Waals surface area contributed by atoms with E-state index in [1.54, 1.807) is 4.90 Å². The smallest absolute Gasteiger partial charge is 0.259 e. The van der Waals surface area contributed by atoms with Crippen molar-refractivity contribution in [2.75, 3.05) is 14.1 Å². The van der Waals surface area contributed by atoms with Crippen LogP contribution in [0.15, 0.2) is 0 Å². The van der Waals surface area contributed by atoms with Gasteiger partial charge < -0.3 is 14.7 Å². The second kappa shape index (κ2) is 5.57. The van der Waals surface area contributed by atoms with Crippen molar-refractivity contribution in [2.45, 2.75) is 34.3 Å². The number of hydrogen-bond acceptors (Lipinski definition) is 3. The molecule has 100 valence electrons. The van der Waals surface area contributed by atoms with Crippen LogP contribution in [0.25, 0.3) is 0 Å². The topological polar surface area (TPSA) is 32.7 Å². The maximum absolute atomic E-state index is 9.98. The van der Waals surface area contributed by atoms with E-state index in [4.69, 9.17) is 17.0 Å². The number of phenolic OH excluding ortho intramolecular Hbond substituents is 1. The zero-order chi connectivity index (χ0) is 14.0. The first-order chi connectivity index (χ1) is 8.27. The molecule has 0 heterocycles. The Morgan fingerprint density at radius 1 is 1.06 bits per heavy atom. The van der Waals surface area contributed by atoms with Crippen LogP contribution in [0.3, 0.4) is 0 Å². The molecule has 0 saturated carbocycles. The van der Waals surface area contributed by atoms with Crippen molar-refractivity contribution in [3.63, 3.8) is 0 Å². The lowest BCUT2D eigenvalue weighted by Gasteiger charge is -2.19. The minimum Gasteiger partial charge on any atom is -0.507 e. The summed E-state index contributed by atoms with van der Waals surface area (Å²) in [6, 6.07) is 0. The Kier molecular flexibility index (Phi) is 4.57. The SMILES string of the molecule is Cc1c(C)c(COC(=S)N(C)C)c(C)c(C)c1O. The molecule has 0 saturated heterocycles. The lowest BCUT2D eigenvalue weighted by atomic mass is 9.93. The summed E-state index contributed by atoms with van der Waals surface area (Å²) in [7, 11) is 3.71. The van der Waals surface area contributed by atoms with Crippen molar-refractivity contribution < 1.29 is 9.84 Å². The second-order valence-electron chi connectivity index (χ2n) is 4.78. The number of rotatable bonds is 2.